The van der Waals surface area contributed by atoms with E-state index in [1.165, 1.54) is 0 Å². The summed E-state index contributed by atoms with van der Waals surface area (Å²) in [5.74, 6) is 1.46. The Kier molecular flexibility index (Phi) is 7.11. The maximum absolute atomic E-state index is 15.1. The molecule has 3 aromatic heterocycles. The minimum Gasteiger partial charge on any atom is -0.497 e. The summed E-state index contributed by atoms with van der Waals surface area (Å²) in [4.78, 5) is 16.6. The first kappa shape index (κ1) is 25.4. The van der Waals surface area contributed by atoms with Crippen LogP contribution in [0.4, 0.5) is 20.8 Å². The van der Waals surface area contributed by atoms with Crippen LogP contribution in [0, 0.1) is 0 Å². The number of methoxy groups -OCH3 is 1. The van der Waals surface area contributed by atoms with Crippen molar-refractivity contribution in [3.8, 4) is 17.0 Å². The monoisotopic (exact) mass is 525 g/mol. The molecule has 5 rings (SSSR count). The van der Waals surface area contributed by atoms with Gasteiger partial charge in [0.05, 0.1) is 43.6 Å². The van der Waals surface area contributed by atoms with Gasteiger partial charge in [-0.2, -0.15) is 10.2 Å². The molecule has 200 valence electrons. The molecule has 0 saturated carbocycles. The number of H-pyrrole nitrogens is 1. The number of alkyl halides is 1. The first-order valence-electron chi connectivity index (χ1n) is 12.0. The molecule has 1 fully saturated rings. The van der Waals surface area contributed by atoms with Gasteiger partial charge in [-0.1, -0.05) is 12.1 Å². The molecule has 1 aliphatic rings. The summed E-state index contributed by atoms with van der Waals surface area (Å²) in [5, 5.41) is 26.8. The molecule has 38 heavy (non-hydrogen) atoms. The van der Waals surface area contributed by atoms with E-state index in [2.05, 4.69) is 25.9 Å². The fraction of sp³-hybridized carbons (Fsp3) is 0.360. The van der Waals surface area contributed by atoms with E-state index in [-0.39, 0.29) is 19.3 Å². The normalized spacial score (nSPS) is 19.2. The third-order valence-electron chi connectivity index (χ3n) is 5.93. The van der Waals surface area contributed by atoms with Gasteiger partial charge in [-0.15, -0.1) is 0 Å². The van der Waals surface area contributed by atoms with E-state index in [0.29, 0.717) is 40.0 Å². The number of amides is 1. The zero-order valence-electron chi connectivity index (χ0n) is 21.0. The summed E-state index contributed by atoms with van der Waals surface area (Å²) < 4.78 is 32.8. The van der Waals surface area contributed by atoms with Crippen molar-refractivity contribution in [3.05, 3.63) is 54.0 Å². The van der Waals surface area contributed by atoms with Crippen molar-refractivity contribution in [1.82, 2.24) is 30.1 Å². The number of aliphatic hydroxyl groups is 1. The second kappa shape index (κ2) is 10.6. The molecule has 4 heterocycles. The van der Waals surface area contributed by atoms with Gasteiger partial charge in [0.15, 0.2) is 23.9 Å². The number of carbonyl (C=O) groups is 1. The number of ether oxygens (including phenoxy) is 3. The molecule has 4 N–H and O–H groups in total. The lowest BCUT2D eigenvalue weighted by Gasteiger charge is -2.16. The second-order valence-electron chi connectivity index (χ2n) is 9.10. The Labute approximate surface area is 217 Å². The van der Waals surface area contributed by atoms with E-state index in [4.69, 9.17) is 19.2 Å². The number of aromatic amines is 1. The lowest BCUT2D eigenvalue weighted by Crippen LogP contribution is -2.36. The van der Waals surface area contributed by atoms with Crippen molar-refractivity contribution in [2.75, 3.05) is 19.0 Å². The number of hydrogen-bond donors (Lipinski definition) is 4. The predicted molar refractivity (Wildman–Crippen MR) is 135 cm³/mol. The Balaban J connectivity index is 1.39. The maximum Gasteiger partial charge on any atom is 0.407 e. The lowest BCUT2D eigenvalue weighted by atomic mass is 10.1. The molecule has 0 aliphatic carbocycles. The van der Waals surface area contributed by atoms with Gasteiger partial charge in [-0.25, -0.2) is 18.7 Å². The second-order valence-corrected chi connectivity index (χ2v) is 9.10. The van der Waals surface area contributed by atoms with Crippen molar-refractivity contribution in [2.24, 2.45) is 0 Å². The van der Waals surface area contributed by atoms with Crippen LogP contribution < -0.4 is 15.4 Å². The first-order valence-corrected chi connectivity index (χ1v) is 12.0. The van der Waals surface area contributed by atoms with Crippen LogP contribution >= 0.6 is 0 Å². The Hall–Kier alpha value is -4.23. The van der Waals surface area contributed by atoms with Gasteiger partial charge in [-0.05, 0) is 32.0 Å². The molecule has 1 saturated heterocycles. The number of carbonyl (C=O) groups excluding carboxylic acids is 1. The van der Waals surface area contributed by atoms with Crippen LogP contribution in [0.15, 0.2) is 42.6 Å². The van der Waals surface area contributed by atoms with Gasteiger partial charge in [-0.3, -0.25) is 5.10 Å². The fourth-order valence-corrected chi connectivity index (χ4v) is 4.15. The van der Waals surface area contributed by atoms with Crippen molar-refractivity contribution in [3.63, 3.8) is 0 Å². The number of aromatic nitrogens is 5. The number of benzene rings is 1. The Morgan fingerprint density at radius 3 is 2.95 bits per heavy atom. The number of rotatable bonds is 8. The highest BCUT2D eigenvalue weighted by Gasteiger charge is 2.42. The number of nitrogens with one attached hydrogen (secondary N) is 3. The van der Waals surface area contributed by atoms with Crippen LogP contribution in [-0.2, 0) is 16.1 Å². The SMILES string of the molecule is COc1cccc(-c2cn3nc(CO)cc3c(Nc3cc(C4OCC(OC(=O)NC(C)C)C4F)[nH]n3)n2)c1. The molecule has 0 radical (unpaired) electrons. The van der Waals surface area contributed by atoms with Crippen molar-refractivity contribution in [1.29, 1.82) is 0 Å². The maximum atomic E-state index is 15.1. The minimum atomic E-state index is -1.58. The lowest BCUT2D eigenvalue weighted by molar-refractivity contribution is 0.0615. The van der Waals surface area contributed by atoms with Crippen LogP contribution in [0.2, 0.25) is 0 Å². The van der Waals surface area contributed by atoms with Crippen LogP contribution in [-0.4, -0.2) is 68.0 Å². The van der Waals surface area contributed by atoms with Gasteiger partial charge in [0.2, 0.25) is 0 Å². The van der Waals surface area contributed by atoms with Crippen LogP contribution in [0.1, 0.15) is 31.3 Å². The number of aliphatic hydroxyl groups excluding tert-OH is 1. The third kappa shape index (κ3) is 5.24. The zero-order chi connectivity index (χ0) is 26.8. The Morgan fingerprint density at radius 1 is 1.34 bits per heavy atom. The highest BCUT2D eigenvalue weighted by Crippen LogP contribution is 2.34. The summed E-state index contributed by atoms with van der Waals surface area (Å²) in [5.41, 5.74) is 2.85. The predicted octanol–water partition coefficient (Wildman–Crippen LogP) is 3.28. The topological polar surface area (TPSA) is 148 Å². The van der Waals surface area contributed by atoms with E-state index in [0.717, 1.165) is 5.56 Å². The zero-order valence-corrected chi connectivity index (χ0v) is 21.0. The van der Waals surface area contributed by atoms with Gasteiger partial charge in [0, 0.05) is 17.7 Å². The van der Waals surface area contributed by atoms with Gasteiger partial charge in [0.25, 0.3) is 0 Å². The molecule has 1 aliphatic heterocycles. The van der Waals surface area contributed by atoms with Crippen LogP contribution in [0.3, 0.4) is 0 Å². The van der Waals surface area contributed by atoms with Crippen molar-refractivity contribution in [2.45, 2.75) is 44.9 Å². The molecule has 1 amide bonds. The minimum absolute atomic E-state index is 0.0797. The van der Waals surface area contributed by atoms with E-state index < -0.39 is 24.5 Å². The molecule has 1 aromatic carbocycles. The van der Waals surface area contributed by atoms with Crippen molar-refractivity contribution < 1.29 is 28.5 Å². The largest absolute Gasteiger partial charge is 0.497 e. The van der Waals surface area contributed by atoms with Crippen LogP contribution in [0.25, 0.3) is 16.8 Å². The highest BCUT2D eigenvalue weighted by molar-refractivity contribution is 5.76. The molecular weight excluding hydrogens is 497 g/mol. The van der Waals surface area contributed by atoms with Gasteiger partial charge >= 0.3 is 6.09 Å². The standard InChI is InChI=1S/C25H28FN7O5/c1-13(2)27-25(35)38-20-12-37-23(22(20)26)17-9-21(31-30-17)29-24-19-8-15(11-34)32-33(19)10-18(28-24)14-5-4-6-16(7-14)36-3/h4-10,13,20,22-23,34H,11-12H2,1-3H3,(H,27,35)(H2,28,29,30,31). The highest BCUT2D eigenvalue weighted by atomic mass is 19.1. The summed E-state index contributed by atoms with van der Waals surface area (Å²) in [6.45, 7) is 3.25. The number of nitrogens with zero attached hydrogens (tertiary/aromatic N) is 4. The summed E-state index contributed by atoms with van der Waals surface area (Å²) in [6, 6.07) is 10.6. The smallest absolute Gasteiger partial charge is 0.407 e. The number of alkyl carbamates (subject to hydrolysis) is 1. The molecule has 0 bridgehead atoms. The number of anilines is 2. The Morgan fingerprint density at radius 2 is 2.18 bits per heavy atom. The molecular formula is C25H28FN7O5. The number of halogens is 1. The molecule has 12 nitrogen and oxygen atoms in total. The average Bonchev–Trinajstić information content (AvgIpc) is 3.62. The summed E-state index contributed by atoms with van der Waals surface area (Å²) in [7, 11) is 1.59. The van der Waals surface area contributed by atoms with E-state index in [1.807, 2.05) is 24.3 Å². The van der Waals surface area contributed by atoms with Gasteiger partial charge in [0.1, 0.15) is 17.4 Å². The quantitative estimate of drug-likeness (QED) is 0.272. The molecule has 4 aromatic rings. The summed E-state index contributed by atoms with van der Waals surface area (Å²) in [6.07, 6.45) is -2.55. The fourth-order valence-electron chi connectivity index (χ4n) is 4.15. The molecule has 13 heteroatoms. The Bertz CT molecular complexity index is 1440. The third-order valence-corrected chi connectivity index (χ3v) is 5.93. The average molecular weight is 526 g/mol. The molecule has 3 atom stereocenters. The molecule has 0 spiro atoms. The number of fused-ring (bicyclic) bond motifs is 1. The van der Waals surface area contributed by atoms with Crippen molar-refractivity contribution >= 4 is 23.2 Å². The van der Waals surface area contributed by atoms with Gasteiger partial charge < -0.3 is 30.0 Å². The van der Waals surface area contributed by atoms with E-state index in [9.17, 15) is 9.90 Å². The van der Waals surface area contributed by atoms with E-state index in [1.54, 1.807) is 43.8 Å². The van der Waals surface area contributed by atoms with Crippen LogP contribution in [0.5, 0.6) is 5.75 Å². The summed E-state index contributed by atoms with van der Waals surface area (Å²) >= 11 is 0. The van der Waals surface area contributed by atoms with E-state index >= 15 is 4.39 Å². The number of hydrogen-bond acceptors (Lipinski definition) is 9. The molecule has 3 unspecified atom stereocenters. The first-order chi connectivity index (χ1) is 18.3.